The average Bonchev–Trinajstić information content (AvgIpc) is 2.65. The van der Waals surface area contributed by atoms with Crippen LogP contribution in [0.1, 0.15) is 19.4 Å². The minimum atomic E-state index is 0.161. The van der Waals surface area contributed by atoms with Gasteiger partial charge in [0, 0.05) is 36.6 Å². The molecule has 1 N–H and O–H groups in total. The summed E-state index contributed by atoms with van der Waals surface area (Å²) in [5, 5.41) is 7.56. The molecule has 4 heteroatoms. The Morgan fingerprint density at radius 1 is 1.56 bits per heavy atom. The van der Waals surface area contributed by atoms with Gasteiger partial charge in [0.1, 0.15) is 0 Å². The smallest absolute Gasteiger partial charge is 0.0538 e. The molecule has 0 aromatic carbocycles. The quantitative estimate of drug-likeness (QED) is 0.790. The molecule has 0 radical (unpaired) electrons. The zero-order valence-electron chi connectivity index (χ0n) is 10.7. The second-order valence-electron chi connectivity index (χ2n) is 4.82. The molecule has 0 aliphatic heterocycles. The van der Waals surface area contributed by atoms with E-state index in [0.29, 0.717) is 0 Å². The standard InChI is InChI=1S/C12H22N4/c1-6-16-9-11(8-14-16)7-13-10-12(2,3)15(4)5/h6,8-9,13H,1,7,10H2,2-5H3. The predicted molar refractivity (Wildman–Crippen MR) is 68.1 cm³/mol. The summed E-state index contributed by atoms with van der Waals surface area (Å²) in [7, 11) is 4.19. The van der Waals surface area contributed by atoms with E-state index in [-0.39, 0.29) is 5.54 Å². The average molecular weight is 222 g/mol. The van der Waals surface area contributed by atoms with Crippen LogP contribution in [0.4, 0.5) is 0 Å². The molecule has 4 nitrogen and oxygen atoms in total. The number of hydrogen-bond donors (Lipinski definition) is 1. The highest BCUT2D eigenvalue weighted by Gasteiger charge is 2.19. The Labute approximate surface area is 97.9 Å². The van der Waals surface area contributed by atoms with E-state index in [1.165, 1.54) is 5.56 Å². The van der Waals surface area contributed by atoms with Gasteiger partial charge in [0.05, 0.1) is 6.20 Å². The first-order chi connectivity index (χ1) is 7.45. The summed E-state index contributed by atoms with van der Waals surface area (Å²) in [5.74, 6) is 0. The second-order valence-corrected chi connectivity index (χ2v) is 4.82. The number of rotatable bonds is 6. The van der Waals surface area contributed by atoms with E-state index in [2.05, 4.69) is 49.8 Å². The van der Waals surface area contributed by atoms with Crippen LogP contribution in [0.15, 0.2) is 19.0 Å². The van der Waals surface area contributed by atoms with Crippen LogP contribution in [0.5, 0.6) is 0 Å². The van der Waals surface area contributed by atoms with E-state index in [1.807, 2.05) is 12.4 Å². The zero-order valence-corrected chi connectivity index (χ0v) is 10.7. The largest absolute Gasteiger partial charge is 0.311 e. The summed E-state index contributed by atoms with van der Waals surface area (Å²) in [5.41, 5.74) is 1.34. The van der Waals surface area contributed by atoms with E-state index in [0.717, 1.165) is 13.1 Å². The first-order valence-corrected chi connectivity index (χ1v) is 5.49. The summed E-state index contributed by atoms with van der Waals surface area (Å²) in [6, 6.07) is 0. The van der Waals surface area contributed by atoms with Gasteiger partial charge in [-0.1, -0.05) is 6.58 Å². The first kappa shape index (κ1) is 12.9. The molecule has 16 heavy (non-hydrogen) atoms. The van der Waals surface area contributed by atoms with Crippen molar-refractivity contribution in [3.05, 3.63) is 24.5 Å². The van der Waals surface area contributed by atoms with Crippen LogP contribution in [-0.4, -0.2) is 40.9 Å². The van der Waals surface area contributed by atoms with Gasteiger partial charge < -0.3 is 10.2 Å². The molecule has 0 bridgehead atoms. The van der Waals surface area contributed by atoms with Crippen molar-refractivity contribution in [2.24, 2.45) is 0 Å². The van der Waals surface area contributed by atoms with Crippen LogP contribution >= 0.6 is 0 Å². The number of hydrogen-bond acceptors (Lipinski definition) is 3. The molecule has 0 saturated heterocycles. The summed E-state index contributed by atoms with van der Waals surface area (Å²) < 4.78 is 1.72. The van der Waals surface area contributed by atoms with Gasteiger partial charge >= 0.3 is 0 Å². The third kappa shape index (κ3) is 3.47. The minimum absolute atomic E-state index is 0.161. The van der Waals surface area contributed by atoms with Gasteiger partial charge in [-0.05, 0) is 27.9 Å². The van der Waals surface area contributed by atoms with Crippen molar-refractivity contribution in [2.45, 2.75) is 25.9 Å². The molecule has 0 aliphatic carbocycles. The molecule has 0 spiro atoms. The molecule has 0 saturated carbocycles. The first-order valence-electron chi connectivity index (χ1n) is 5.49. The van der Waals surface area contributed by atoms with Gasteiger partial charge in [-0.3, -0.25) is 0 Å². The highest BCUT2D eigenvalue weighted by molar-refractivity contribution is 5.17. The SMILES string of the molecule is C=Cn1cc(CNCC(C)(C)N(C)C)cn1. The van der Waals surface area contributed by atoms with Crippen molar-refractivity contribution >= 4 is 6.20 Å². The Morgan fingerprint density at radius 3 is 2.75 bits per heavy atom. The summed E-state index contributed by atoms with van der Waals surface area (Å²) in [6.07, 6.45) is 5.52. The molecule has 0 fully saturated rings. The fourth-order valence-corrected chi connectivity index (χ4v) is 1.24. The van der Waals surface area contributed by atoms with Gasteiger partial charge in [0.15, 0.2) is 0 Å². The van der Waals surface area contributed by atoms with Crippen molar-refractivity contribution in [2.75, 3.05) is 20.6 Å². The predicted octanol–water partition coefficient (Wildman–Crippen LogP) is 1.41. The maximum atomic E-state index is 4.13. The Balaban J connectivity index is 2.38. The lowest BCUT2D eigenvalue weighted by Crippen LogP contribution is -2.46. The van der Waals surface area contributed by atoms with Crippen LogP contribution in [-0.2, 0) is 6.54 Å². The van der Waals surface area contributed by atoms with Gasteiger partial charge in [0.25, 0.3) is 0 Å². The molecule has 90 valence electrons. The highest BCUT2D eigenvalue weighted by Crippen LogP contribution is 2.08. The van der Waals surface area contributed by atoms with Crippen LogP contribution < -0.4 is 5.32 Å². The molecule has 0 aliphatic rings. The zero-order chi connectivity index (χ0) is 12.2. The Bertz CT molecular complexity index is 339. The van der Waals surface area contributed by atoms with Crippen LogP contribution in [0.2, 0.25) is 0 Å². The second kappa shape index (κ2) is 5.27. The van der Waals surface area contributed by atoms with Crippen LogP contribution in [0.3, 0.4) is 0 Å². The topological polar surface area (TPSA) is 33.1 Å². The molecule has 1 aromatic heterocycles. The van der Waals surface area contributed by atoms with Gasteiger partial charge in [-0.25, -0.2) is 4.68 Å². The fraction of sp³-hybridized carbons (Fsp3) is 0.583. The third-order valence-corrected chi connectivity index (χ3v) is 2.94. The van der Waals surface area contributed by atoms with Crippen molar-refractivity contribution in [1.29, 1.82) is 0 Å². The monoisotopic (exact) mass is 222 g/mol. The molecule has 0 atom stereocenters. The molecule has 0 amide bonds. The van der Waals surface area contributed by atoms with Crippen molar-refractivity contribution in [3.63, 3.8) is 0 Å². The molecule has 1 rings (SSSR count). The Kier molecular flexibility index (Phi) is 4.26. The van der Waals surface area contributed by atoms with E-state index < -0.39 is 0 Å². The van der Waals surface area contributed by atoms with E-state index in [4.69, 9.17) is 0 Å². The summed E-state index contributed by atoms with van der Waals surface area (Å²) in [4.78, 5) is 2.22. The van der Waals surface area contributed by atoms with E-state index in [1.54, 1.807) is 10.9 Å². The summed E-state index contributed by atoms with van der Waals surface area (Å²) >= 11 is 0. The third-order valence-electron chi connectivity index (χ3n) is 2.94. The maximum Gasteiger partial charge on any atom is 0.0538 e. The molecule has 0 unspecified atom stereocenters. The number of nitrogens with one attached hydrogen (secondary N) is 1. The maximum absolute atomic E-state index is 4.13. The lowest BCUT2D eigenvalue weighted by molar-refractivity contribution is 0.190. The van der Waals surface area contributed by atoms with Gasteiger partial charge in [0.2, 0.25) is 0 Å². The Hall–Kier alpha value is -1.13. The van der Waals surface area contributed by atoms with Crippen LogP contribution in [0.25, 0.3) is 6.20 Å². The number of aromatic nitrogens is 2. The lowest BCUT2D eigenvalue weighted by atomic mass is 10.0. The summed E-state index contributed by atoms with van der Waals surface area (Å²) in [6.45, 7) is 9.87. The van der Waals surface area contributed by atoms with E-state index in [9.17, 15) is 0 Å². The Morgan fingerprint density at radius 2 is 2.25 bits per heavy atom. The number of nitrogens with zero attached hydrogens (tertiary/aromatic N) is 3. The van der Waals surface area contributed by atoms with Crippen molar-refractivity contribution in [1.82, 2.24) is 20.0 Å². The minimum Gasteiger partial charge on any atom is -0.311 e. The van der Waals surface area contributed by atoms with Crippen molar-refractivity contribution in [3.8, 4) is 0 Å². The molecule has 1 aromatic rings. The number of likely N-dealkylation sites (N-methyl/N-ethyl adjacent to an activating group) is 1. The van der Waals surface area contributed by atoms with Crippen LogP contribution in [0, 0.1) is 0 Å². The fourth-order valence-electron chi connectivity index (χ4n) is 1.24. The highest BCUT2D eigenvalue weighted by atomic mass is 15.2. The van der Waals surface area contributed by atoms with Gasteiger partial charge in [-0.15, -0.1) is 0 Å². The molecular formula is C12H22N4. The lowest BCUT2D eigenvalue weighted by Gasteiger charge is -2.32. The van der Waals surface area contributed by atoms with E-state index >= 15 is 0 Å². The van der Waals surface area contributed by atoms with Crippen molar-refractivity contribution < 1.29 is 0 Å². The van der Waals surface area contributed by atoms with Gasteiger partial charge in [-0.2, -0.15) is 5.10 Å². The molecule has 1 heterocycles. The normalized spacial score (nSPS) is 12.1. The molecular weight excluding hydrogens is 200 g/mol.